The van der Waals surface area contributed by atoms with E-state index in [0.29, 0.717) is 12.0 Å². The molecule has 0 aliphatic heterocycles. The maximum absolute atomic E-state index is 12.7. The molecular formula is C8H9FO3. The van der Waals surface area contributed by atoms with Crippen LogP contribution < -0.4 is 4.74 Å². The summed E-state index contributed by atoms with van der Waals surface area (Å²) in [6, 6.07) is 4.08. The highest BCUT2D eigenvalue weighted by Gasteiger charge is 2.00. The number of carbonyl (C=O) groups excluding carboxylic acids is 1. The standard InChI is InChI=1S/C8H7FO2.H2O/c1-11-7-3-2-6(5-10)8(9)4-7;/h2-5H,1H3;1H2. The van der Waals surface area contributed by atoms with Gasteiger partial charge in [0, 0.05) is 6.07 Å². The molecule has 0 aliphatic rings. The molecule has 4 heteroatoms. The number of methoxy groups -OCH3 is 1. The maximum atomic E-state index is 12.7. The predicted octanol–water partition coefficient (Wildman–Crippen LogP) is 0.822. The molecule has 2 N–H and O–H groups in total. The van der Waals surface area contributed by atoms with Crippen LogP contribution >= 0.6 is 0 Å². The summed E-state index contributed by atoms with van der Waals surface area (Å²) in [7, 11) is 1.44. The maximum Gasteiger partial charge on any atom is 0.152 e. The second-order valence-electron chi connectivity index (χ2n) is 2.01. The lowest BCUT2D eigenvalue weighted by Gasteiger charge is -1.99. The Morgan fingerprint density at radius 3 is 2.58 bits per heavy atom. The summed E-state index contributed by atoms with van der Waals surface area (Å²) >= 11 is 0. The summed E-state index contributed by atoms with van der Waals surface area (Å²) in [5.74, 6) is -0.146. The first-order valence-electron chi connectivity index (χ1n) is 3.06. The molecule has 0 spiro atoms. The van der Waals surface area contributed by atoms with E-state index < -0.39 is 5.82 Å². The minimum atomic E-state index is -0.556. The minimum absolute atomic E-state index is 0. The van der Waals surface area contributed by atoms with Gasteiger partial charge in [-0.1, -0.05) is 0 Å². The van der Waals surface area contributed by atoms with Crippen LogP contribution in [0.3, 0.4) is 0 Å². The van der Waals surface area contributed by atoms with Gasteiger partial charge in [-0.05, 0) is 12.1 Å². The van der Waals surface area contributed by atoms with E-state index in [1.165, 1.54) is 25.3 Å². The molecule has 0 bridgehead atoms. The van der Waals surface area contributed by atoms with Gasteiger partial charge in [0.1, 0.15) is 11.6 Å². The van der Waals surface area contributed by atoms with Gasteiger partial charge >= 0.3 is 0 Å². The zero-order valence-corrected chi connectivity index (χ0v) is 6.50. The third kappa shape index (κ3) is 2.03. The van der Waals surface area contributed by atoms with E-state index >= 15 is 0 Å². The fourth-order valence-electron chi connectivity index (χ4n) is 0.730. The summed E-state index contributed by atoms with van der Waals surface area (Å²) in [6.45, 7) is 0. The number of carbonyl (C=O) groups is 1. The van der Waals surface area contributed by atoms with Crippen LogP contribution in [0.1, 0.15) is 10.4 Å². The first-order chi connectivity index (χ1) is 5.27. The zero-order valence-electron chi connectivity index (χ0n) is 6.50. The highest BCUT2D eigenvalue weighted by molar-refractivity contribution is 5.75. The van der Waals surface area contributed by atoms with E-state index in [1.807, 2.05) is 0 Å². The Kier molecular flexibility index (Phi) is 3.93. The summed E-state index contributed by atoms with van der Waals surface area (Å²) in [4.78, 5) is 10.1. The average molecular weight is 172 g/mol. The van der Waals surface area contributed by atoms with Crippen LogP contribution in [0.15, 0.2) is 18.2 Å². The van der Waals surface area contributed by atoms with Crippen molar-refractivity contribution in [2.24, 2.45) is 0 Å². The molecule has 0 fully saturated rings. The van der Waals surface area contributed by atoms with Crippen molar-refractivity contribution in [1.82, 2.24) is 0 Å². The molecular weight excluding hydrogens is 163 g/mol. The first kappa shape index (κ1) is 10.6. The number of hydrogen-bond donors (Lipinski definition) is 0. The highest BCUT2D eigenvalue weighted by atomic mass is 19.1. The van der Waals surface area contributed by atoms with Crippen molar-refractivity contribution < 1.29 is 19.4 Å². The van der Waals surface area contributed by atoms with Gasteiger partial charge in [0.25, 0.3) is 0 Å². The number of aldehydes is 1. The van der Waals surface area contributed by atoms with Gasteiger partial charge in [-0.3, -0.25) is 4.79 Å². The number of halogens is 1. The van der Waals surface area contributed by atoms with E-state index in [1.54, 1.807) is 0 Å². The monoisotopic (exact) mass is 172 g/mol. The molecule has 1 aromatic rings. The van der Waals surface area contributed by atoms with Crippen LogP contribution in [-0.4, -0.2) is 18.9 Å². The number of rotatable bonds is 2. The SMILES string of the molecule is COc1ccc(C=O)c(F)c1.O. The van der Waals surface area contributed by atoms with Gasteiger partial charge in [0.05, 0.1) is 12.7 Å². The summed E-state index contributed by atoms with van der Waals surface area (Å²) in [5.41, 5.74) is 0.0470. The molecule has 0 atom stereocenters. The second kappa shape index (κ2) is 4.46. The zero-order chi connectivity index (χ0) is 8.27. The van der Waals surface area contributed by atoms with Crippen molar-refractivity contribution in [2.45, 2.75) is 0 Å². The molecule has 0 aromatic heterocycles. The topological polar surface area (TPSA) is 57.8 Å². The average Bonchev–Trinajstić information content (AvgIpc) is 2.04. The molecule has 66 valence electrons. The Bertz CT molecular complexity index is 273. The molecule has 0 saturated carbocycles. The van der Waals surface area contributed by atoms with E-state index in [0.717, 1.165) is 0 Å². The molecule has 0 saturated heterocycles. The van der Waals surface area contributed by atoms with Gasteiger partial charge < -0.3 is 10.2 Å². The fraction of sp³-hybridized carbons (Fsp3) is 0.125. The van der Waals surface area contributed by atoms with Crippen LogP contribution in [0.4, 0.5) is 4.39 Å². The largest absolute Gasteiger partial charge is 0.497 e. The van der Waals surface area contributed by atoms with E-state index in [4.69, 9.17) is 4.74 Å². The van der Waals surface area contributed by atoms with Crippen molar-refractivity contribution in [3.05, 3.63) is 29.6 Å². The van der Waals surface area contributed by atoms with Gasteiger partial charge in [0.15, 0.2) is 6.29 Å². The third-order valence-corrected chi connectivity index (χ3v) is 1.33. The summed E-state index contributed by atoms with van der Waals surface area (Å²) in [5, 5.41) is 0. The molecule has 1 aromatic carbocycles. The van der Waals surface area contributed by atoms with Crippen molar-refractivity contribution in [3.63, 3.8) is 0 Å². The molecule has 0 heterocycles. The first-order valence-corrected chi connectivity index (χ1v) is 3.06. The molecule has 0 unspecified atom stereocenters. The van der Waals surface area contributed by atoms with Gasteiger partial charge in [0.2, 0.25) is 0 Å². The lowest BCUT2D eigenvalue weighted by molar-refractivity contribution is 0.112. The third-order valence-electron chi connectivity index (χ3n) is 1.33. The lowest BCUT2D eigenvalue weighted by Crippen LogP contribution is -1.89. The Balaban J connectivity index is 0.00000121. The molecule has 3 nitrogen and oxygen atoms in total. The second-order valence-corrected chi connectivity index (χ2v) is 2.01. The van der Waals surface area contributed by atoms with Crippen molar-refractivity contribution in [2.75, 3.05) is 7.11 Å². The number of benzene rings is 1. The van der Waals surface area contributed by atoms with Crippen LogP contribution in [0.25, 0.3) is 0 Å². The predicted molar refractivity (Wildman–Crippen MR) is 42.0 cm³/mol. The van der Waals surface area contributed by atoms with E-state index in [-0.39, 0.29) is 11.0 Å². The van der Waals surface area contributed by atoms with Gasteiger partial charge in [-0.25, -0.2) is 4.39 Å². The Labute approximate surface area is 69.1 Å². The Morgan fingerprint density at radius 2 is 2.17 bits per heavy atom. The van der Waals surface area contributed by atoms with Crippen LogP contribution in [0.5, 0.6) is 5.75 Å². The quantitative estimate of drug-likeness (QED) is 0.620. The van der Waals surface area contributed by atoms with Gasteiger partial charge in [-0.15, -0.1) is 0 Å². The normalized spacial score (nSPS) is 8.50. The van der Waals surface area contributed by atoms with Gasteiger partial charge in [-0.2, -0.15) is 0 Å². The van der Waals surface area contributed by atoms with Crippen LogP contribution in [-0.2, 0) is 0 Å². The van der Waals surface area contributed by atoms with Crippen molar-refractivity contribution in [3.8, 4) is 5.75 Å². The smallest absolute Gasteiger partial charge is 0.152 e. The highest BCUT2D eigenvalue weighted by Crippen LogP contribution is 2.14. The van der Waals surface area contributed by atoms with Crippen LogP contribution in [0, 0.1) is 5.82 Å². The van der Waals surface area contributed by atoms with Crippen molar-refractivity contribution >= 4 is 6.29 Å². The van der Waals surface area contributed by atoms with Crippen molar-refractivity contribution in [1.29, 1.82) is 0 Å². The lowest BCUT2D eigenvalue weighted by atomic mass is 10.2. The molecule has 0 radical (unpaired) electrons. The van der Waals surface area contributed by atoms with E-state index in [2.05, 4.69) is 0 Å². The fourth-order valence-corrected chi connectivity index (χ4v) is 0.730. The van der Waals surface area contributed by atoms with E-state index in [9.17, 15) is 9.18 Å². The Hall–Kier alpha value is -1.42. The summed E-state index contributed by atoms with van der Waals surface area (Å²) < 4.78 is 17.5. The number of ether oxygens (including phenoxy) is 1. The molecule has 0 amide bonds. The summed E-state index contributed by atoms with van der Waals surface area (Å²) in [6.07, 6.45) is 0.467. The van der Waals surface area contributed by atoms with Crippen LogP contribution in [0.2, 0.25) is 0 Å². The minimum Gasteiger partial charge on any atom is -0.497 e. The molecule has 12 heavy (non-hydrogen) atoms. The number of hydrogen-bond acceptors (Lipinski definition) is 2. The Morgan fingerprint density at radius 1 is 1.50 bits per heavy atom. The molecule has 1 rings (SSSR count). The molecule has 0 aliphatic carbocycles.